The van der Waals surface area contributed by atoms with Gasteiger partial charge in [-0.1, -0.05) is 36.8 Å². The summed E-state index contributed by atoms with van der Waals surface area (Å²) in [6.07, 6.45) is -0.637. The highest BCUT2D eigenvalue weighted by Crippen LogP contribution is 2.20. The molecule has 2 atom stereocenters. The van der Waals surface area contributed by atoms with Crippen molar-refractivity contribution in [1.29, 1.82) is 0 Å². The highest BCUT2D eigenvalue weighted by molar-refractivity contribution is 6.08. The van der Waals surface area contributed by atoms with E-state index in [-0.39, 0.29) is 0 Å². The Bertz CT molecular complexity index is 746. The van der Waals surface area contributed by atoms with Crippen LogP contribution in [0.4, 0.5) is 4.79 Å². The number of nitrogens with one attached hydrogen (secondary N) is 2. The van der Waals surface area contributed by atoms with Gasteiger partial charge in [0.25, 0.3) is 11.8 Å². The second-order valence-corrected chi connectivity index (χ2v) is 6.84. The molecule has 1 heterocycles. The Morgan fingerprint density at radius 1 is 1.26 bits per heavy atom. The molecule has 146 valence electrons. The molecule has 2 N–H and O–H groups in total. The van der Waals surface area contributed by atoms with E-state index in [0.717, 1.165) is 16.0 Å². The molecule has 4 amide bonds. The number of aryl methyl sites for hydroxylation is 1. The van der Waals surface area contributed by atoms with Gasteiger partial charge in [-0.3, -0.25) is 19.3 Å². The van der Waals surface area contributed by atoms with E-state index in [1.54, 1.807) is 13.8 Å². The summed E-state index contributed by atoms with van der Waals surface area (Å²) in [6.45, 7) is 6.54. The van der Waals surface area contributed by atoms with Gasteiger partial charge in [-0.15, -0.1) is 0 Å². The Hall–Kier alpha value is -2.90. The minimum Gasteiger partial charge on any atom is -0.451 e. The summed E-state index contributed by atoms with van der Waals surface area (Å²) in [5, 5.41) is 5.23. The lowest BCUT2D eigenvalue weighted by Crippen LogP contribution is -2.44. The Balaban J connectivity index is 1.84. The molecule has 1 aliphatic heterocycles. The van der Waals surface area contributed by atoms with Crippen LogP contribution in [0, 0.1) is 6.92 Å². The predicted octanol–water partition coefficient (Wildman–Crippen LogP) is 1.26. The van der Waals surface area contributed by atoms with Crippen LogP contribution in [0.5, 0.6) is 0 Å². The number of imide groups is 1. The molecule has 0 aliphatic carbocycles. The van der Waals surface area contributed by atoms with Crippen molar-refractivity contribution < 1.29 is 23.9 Å². The van der Waals surface area contributed by atoms with Crippen molar-refractivity contribution in [2.24, 2.45) is 0 Å². The Labute approximate surface area is 158 Å². The van der Waals surface area contributed by atoms with Crippen LogP contribution in [0.3, 0.4) is 0 Å². The van der Waals surface area contributed by atoms with Crippen molar-refractivity contribution >= 4 is 23.8 Å². The fraction of sp³-hybridized carbons (Fsp3) is 0.474. The average molecular weight is 375 g/mol. The monoisotopic (exact) mass is 375 g/mol. The first-order chi connectivity index (χ1) is 12.7. The van der Waals surface area contributed by atoms with Gasteiger partial charge in [0.1, 0.15) is 12.1 Å². The van der Waals surface area contributed by atoms with Crippen LogP contribution in [0.15, 0.2) is 24.3 Å². The third-order valence-electron chi connectivity index (χ3n) is 4.60. The molecule has 1 aromatic carbocycles. The largest absolute Gasteiger partial charge is 0.451 e. The predicted molar refractivity (Wildman–Crippen MR) is 97.5 cm³/mol. The molecule has 1 aliphatic rings. The van der Waals surface area contributed by atoms with Gasteiger partial charge in [-0.05, 0) is 32.8 Å². The summed E-state index contributed by atoms with van der Waals surface area (Å²) in [4.78, 5) is 49.1. The number of benzene rings is 1. The highest BCUT2D eigenvalue weighted by Gasteiger charge is 2.47. The second kappa shape index (κ2) is 8.20. The number of hydrogen-bond acceptors (Lipinski definition) is 5. The minimum absolute atomic E-state index is 0.308. The van der Waals surface area contributed by atoms with Gasteiger partial charge in [-0.2, -0.15) is 0 Å². The number of rotatable bonds is 7. The minimum atomic E-state index is -1.04. The molecule has 0 bridgehead atoms. The van der Waals surface area contributed by atoms with Crippen molar-refractivity contribution in [3.05, 3.63) is 35.4 Å². The van der Waals surface area contributed by atoms with Gasteiger partial charge in [-0.25, -0.2) is 4.79 Å². The lowest BCUT2D eigenvalue weighted by atomic mass is 9.99. The van der Waals surface area contributed by atoms with Gasteiger partial charge in [0.2, 0.25) is 0 Å². The summed E-state index contributed by atoms with van der Waals surface area (Å²) < 4.78 is 5.06. The number of ether oxygens (including phenoxy) is 1. The zero-order valence-corrected chi connectivity index (χ0v) is 16.0. The van der Waals surface area contributed by atoms with Crippen molar-refractivity contribution in [2.75, 3.05) is 6.54 Å². The van der Waals surface area contributed by atoms with Crippen LogP contribution in [-0.4, -0.2) is 46.9 Å². The number of urea groups is 1. The molecule has 0 unspecified atom stereocenters. The fourth-order valence-electron chi connectivity index (χ4n) is 2.59. The number of hydrogen-bond donors (Lipinski definition) is 2. The molecular formula is C19H25N3O5. The molecule has 8 heteroatoms. The molecule has 0 spiro atoms. The van der Waals surface area contributed by atoms with Gasteiger partial charge in [0.15, 0.2) is 6.10 Å². The van der Waals surface area contributed by atoms with Gasteiger partial charge >= 0.3 is 12.0 Å². The topological polar surface area (TPSA) is 105 Å². The van der Waals surface area contributed by atoms with E-state index >= 15 is 0 Å². The molecule has 2 rings (SSSR count). The molecule has 8 nitrogen and oxygen atoms in total. The van der Waals surface area contributed by atoms with E-state index in [1.165, 1.54) is 6.92 Å². The number of nitrogens with zero attached hydrogens (tertiary/aromatic N) is 1. The van der Waals surface area contributed by atoms with Crippen molar-refractivity contribution in [3.8, 4) is 0 Å². The molecule has 1 aromatic rings. The smallest absolute Gasteiger partial charge is 0.327 e. The summed E-state index contributed by atoms with van der Waals surface area (Å²) in [5.41, 5.74) is 1.02. The van der Waals surface area contributed by atoms with Gasteiger partial charge in [0, 0.05) is 6.54 Å². The van der Waals surface area contributed by atoms with Crippen LogP contribution in [-0.2, 0) is 25.7 Å². The Kier molecular flexibility index (Phi) is 6.20. The summed E-state index contributed by atoms with van der Waals surface area (Å²) >= 11 is 0. The molecule has 27 heavy (non-hydrogen) atoms. The average Bonchev–Trinajstić information content (AvgIpc) is 2.84. The maximum Gasteiger partial charge on any atom is 0.327 e. The van der Waals surface area contributed by atoms with E-state index < -0.39 is 42.0 Å². The third kappa shape index (κ3) is 4.84. The number of esters is 1. The van der Waals surface area contributed by atoms with E-state index in [1.807, 2.05) is 31.2 Å². The molecule has 1 saturated heterocycles. The quantitative estimate of drug-likeness (QED) is 0.551. The first-order valence-corrected chi connectivity index (χ1v) is 8.83. The van der Waals surface area contributed by atoms with Gasteiger partial charge < -0.3 is 15.4 Å². The second-order valence-electron chi connectivity index (χ2n) is 6.84. The van der Waals surface area contributed by atoms with E-state index in [2.05, 4.69) is 10.6 Å². The fourth-order valence-corrected chi connectivity index (χ4v) is 2.59. The van der Waals surface area contributed by atoms with Crippen molar-refractivity contribution in [3.63, 3.8) is 0 Å². The van der Waals surface area contributed by atoms with Crippen LogP contribution in [0.2, 0.25) is 0 Å². The van der Waals surface area contributed by atoms with E-state index in [0.29, 0.717) is 13.0 Å². The molecule has 0 saturated carbocycles. The number of carbonyl (C=O) groups excluding carboxylic acids is 4. The summed E-state index contributed by atoms with van der Waals surface area (Å²) in [6, 6.07) is 7.03. The van der Waals surface area contributed by atoms with Crippen LogP contribution in [0.1, 0.15) is 38.3 Å². The zero-order valence-electron chi connectivity index (χ0n) is 16.0. The summed E-state index contributed by atoms with van der Waals surface area (Å²) in [5.74, 6) is -1.76. The lowest BCUT2D eigenvalue weighted by Gasteiger charge is -2.19. The van der Waals surface area contributed by atoms with Crippen molar-refractivity contribution in [2.45, 2.75) is 52.3 Å². The molecule has 0 radical (unpaired) electrons. The van der Waals surface area contributed by atoms with Crippen LogP contribution in [0.25, 0.3) is 0 Å². The number of carbonyl (C=O) groups is 4. The maximum atomic E-state index is 12.3. The first kappa shape index (κ1) is 20.4. The van der Waals surface area contributed by atoms with Crippen molar-refractivity contribution in [1.82, 2.24) is 15.5 Å². The SMILES string of the molecule is CC[C@@]1(C)NC(=O)N(CC(=O)O[C@@H](C)C(=O)NCc2ccc(C)cc2)C1=O. The molecular weight excluding hydrogens is 350 g/mol. The molecule has 0 aromatic heterocycles. The zero-order chi connectivity index (χ0) is 20.2. The molecule has 1 fully saturated rings. The van der Waals surface area contributed by atoms with Crippen LogP contribution >= 0.6 is 0 Å². The van der Waals surface area contributed by atoms with E-state index in [4.69, 9.17) is 4.74 Å². The number of amides is 4. The summed E-state index contributed by atoms with van der Waals surface area (Å²) in [7, 11) is 0. The van der Waals surface area contributed by atoms with Crippen LogP contribution < -0.4 is 10.6 Å². The third-order valence-corrected chi connectivity index (χ3v) is 4.60. The van der Waals surface area contributed by atoms with Gasteiger partial charge in [0.05, 0.1) is 0 Å². The normalized spacial score (nSPS) is 20.2. The Morgan fingerprint density at radius 3 is 2.44 bits per heavy atom. The lowest BCUT2D eigenvalue weighted by molar-refractivity contribution is -0.156. The van der Waals surface area contributed by atoms with E-state index in [9.17, 15) is 19.2 Å². The maximum absolute atomic E-state index is 12.3. The first-order valence-electron chi connectivity index (χ1n) is 8.83. The standard InChI is InChI=1S/C19H25N3O5/c1-5-19(4)17(25)22(18(26)21-19)11-15(23)27-13(3)16(24)20-10-14-8-6-12(2)7-9-14/h6-9,13H,5,10-11H2,1-4H3,(H,20,24)(H,21,26)/t13-,19+/m0/s1. The highest BCUT2D eigenvalue weighted by atomic mass is 16.5. The Morgan fingerprint density at radius 2 is 1.89 bits per heavy atom.